The van der Waals surface area contributed by atoms with Gasteiger partial charge in [-0.2, -0.15) is 0 Å². The largest absolute Gasteiger partial charge is 0.493 e. The van der Waals surface area contributed by atoms with Gasteiger partial charge in [-0.1, -0.05) is 22.6 Å². The van der Waals surface area contributed by atoms with Crippen molar-refractivity contribution in [3.63, 3.8) is 0 Å². The van der Waals surface area contributed by atoms with Crippen molar-refractivity contribution >= 4 is 33.6 Å². The Hall–Kier alpha value is -1.04. The summed E-state index contributed by atoms with van der Waals surface area (Å²) in [5.41, 5.74) is 1.18. The lowest BCUT2D eigenvalue weighted by Crippen LogP contribution is -2.00. The first-order valence-corrected chi connectivity index (χ1v) is 6.46. The van der Waals surface area contributed by atoms with Crippen LogP contribution in [0.25, 0.3) is 11.0 Å². The van der Waals surface area contributed by atoms with Gasteiger partial charge in [-0.15, -0.1) is 0 Å². The molecular formula is C12H11IO3. The predicted molar refractivity (Wildman–Crippen MR) is 71.6 cm³/mol. The fourth-order valence-electron chi connectivity index (χ4n) is 1.55. The van der Waals surface area contributed by atoms with Crippen molar-refractivity contribution in [2.24, 2.45) is 0 Å². The Balaban J connectivity index is 2.49. The third-order valence-electron chi connectivity index (χ3n) is 2.27. The molecule has 4 heteroatoms. The monoisotopic (exact) mass is 330 g/mol. The van der Waals surface area contributed by atoms with E-state index in [1.807, 2.05) is 19.1 Å². The molecule has 2 aromatic rings. The Morgan fingerprint density at radius 1 is 1.38 bits per heavy atom. The van der Waals surface area contributed by atoms with Crippen LogP contribution in [-0.4, -0.2) is 11.0 Å². The Labute approximate surface area is 107 Å². The standard InChI is InChI=1S/C12H11IO3/c1-8-6-12(14)16-11-7-9(15-5-4-13)2-3-10(8)11/h2-3,6-7H,4-5H2,1H3. The highest BCUT2D eigenvalue weighted by Gasteiger charge is 2.03. The maximum Gasteiger partial charge on any atom is 0.336 e. The molecule has 0 spiro atoms. The third-order valence-corrected chi connectivity index (χ3v) is 2.71. The number of aryl methyl sites for hydroxylation is 1. The number of halogens is 1. The molecule has 0 atom stereocenters. The first-order chi connectivity index (χ1) is 7.70. The molecule has 0 amide bonds. The first kappa shape index (κ1) is 11.4. The summed E-state index contributed by atoms with van der Waals surface area (Å²) in [4.78, 5) is 11.2. The minimum absolute atomic E-state index is 0.323. The molecule has 0 fully saturated rings. The summed E-state index contributed by atoms with van der Waals surface area (Å²) in [5.74, 6) is 0.734. The van der Waals surface area contributed by atoms with E-state index in [-0.39, 0.29) is 5.63 Å². The molecule has 1 aromatic heterocycles. The third kappa shape index (κ3) is 2.37. The van der Waals surface area contributed by atoms with Crippen LogP contribution in [0, 0.1) is 6.92 Å². The van der Waals surface area contributed by atoms with E-state index in [0.29, 0.717) is 12.2 Å². The van der Waals surface area contributed by atoms with Gasteiger partial charge in [0.05, 0.1) is 6.61 Å². The van der Waals surface area contributed by atoms with Crippen molar-refractivity contribution in [2.45, 2.75) is 6.92 Å². The molecule has 1 aromatic carbocycles. The lowest BCUT2D eigenvalue weighted by molar-refractivity contribution is 0.346. The van der Waals surface area contributed by atoms with Crippen molar-refractivity contribution in [1.82, 2.24) is 0 Å². The number of alkyl halides is 1. The minimum atomic E-state index is -0.323. The summed E-state index contributed by atoms with van der Waals surface area (Å²) in [5, 5.41) is 0.946. The fourth-order valence-corrected chi connectivity index (χ4v) is 1.77. The molecule has 0 N–H and O–H groups in total. The van der Waals surface area contributed by atoms with Gasteiger partial charge in [0, 0.05) is 21.9 Å². The van der Waals surface area contributed by atoms with Crippen molar-refractivity contribution in [2.75, 3.05) is 11.0 Å². The normalized spacial score (nSPS) is 10.6. The summed E-state index contributed by atoms with van der Waals surface area (Å²) >= 11 is 2.24. The molecule has 0 saturated carbocycles. The van der Waals surface area contributed by atoms with E-state index in [2.05, 4.69) is 22.6 Å². The van der Waals surface area contributed by atoms with E-state index < -0.39 is 0 Å². The maximum absolute atomic E-state index is 11.2. The van der Waals surface area contributed by atoms with Crippen LogP contribution >= 0.6 is 22.6 Å². The summed E-state index contributed by atoms with van der Waals surface area (Å²) in [6.45, 7) is 2.55. The van der Waals surface area contributed by atoms with Gasteiger partial charge in [-0.05, 0) is 24.6 Å². The Bertz CT molecular complexity index is 560. The number of ether oxygens (including phenoxy) is 1. The smallest absolute Gasteiger partial charge is 0.336 e. The number of benzene rings is 1. The number of hydrogen-bond donors (Lipinski definition) is 0. The second-order valence-electron chi connectivity index (χ2n) is 3.44. The summed E-state index contributed by atoms with van der Waals surface area (Å²) in [6.07, 6.45) is 0. The second-order valence-corrected chi connectivity index (χ2v) is 4.52. The molecule has 16 heavy (non-hydrogen) atoms. The Kier molecular flexibility index (Phi) is 3.48. The molecule has 0 radical (unpaired) electrons. The highest BCUT2D eigenvalue weighted by Crippen LogP contribution is 2.22. The zero-order valence-corrected chi connectivity index (χ0v) is 11.0. The SMILES string of the molecule is Cc1cc(=O)oc2cc(OCCI)ccc12. The molecule has 0 bridgehead atoms. The molecular weight excluding hydrogens is 319 g/mol. The average Bonchev–Trinajstić information content (AvgIpc) is 2.25. The van der Waals surface area contributed by atoms with E-state index >= 15 is 0 Å². The lowest BCUT2D eigenvalue weighted by atomic mass is 10.1. The second kappa shape index (κ2) is 4.86. The molecule has 1 heterocycles. The number of fused-ring (bicyclic) bond motifs is 1. The van der Waals surface area contributed by atoms with Crippen LogP contribution in [0.5, 0.6) is 5.75 Å². The van der Waals surface area contributed by atoms with Gasteiger partial charge >= 0.3 is 5.63 Å². The molecule has 0 saturated heterocycles. The zero-order chi connectivity index (χ0) is 11.5. The van der Waals surface area contributed by atoms with Crippen LogP contribution in [0.15, 0.2) is 33.5 Å². The molecule has 0 unspecified atom stereocenters. The van der Waals surface area contributed by atoms with Crippen molar-refractivity contribution in [1.29, 1.82) is 0 Å². The molecule has 3 nitrogen and oxygen atoms in total. The minimum Gasteiger partial charge on any atom is -0.493 e. The van der Waals surface area contributed by atoms with Gasteiger partial charge in [0.2, 0.25) is 0 Å². The fraction of sp³-hybridized carbons (Fsp3) is 0.250. The molecule has 0 aliphatic rings. The lowest BCUT2D eigenvalue weighted by Gasteiger charge is -2.05. The van der Waals surface area contributed by atoms with Gasteiger partial charge in [-0.25, -0.2) is 4.79 Å². The zero-order valence-electron chi connectivity index (χ0n) is 8.83. The van der Waals surface area contributed by atoms with Gasteiger partial charge in [-0.3, -0.25) is 0 Å². The van der Waals surface area contributed by atoms with Crippen LogP contribution in [0.2, 0.25) is 0 Å². The highest BCUT2D eigenvalue weighted by molar-refractivity contribution is 14.1. The Morgan fingerprint density at radius 3 is 2.94 bits per heavy atom. The summed E-state index contributed by atoms with van der Waals surface area (Å²) in [7, 11) is 0. The van der Waals surface area contributed by atoms with Crippen molar-refractivity contribution in [3.05, 3.63) is 40.2 Å². The van der Waals surface area contributed by atoms with E-state index in [4.69, 9.17) is 9.15 Å². The molecule has 2 rings (SSSR count). The van der Waals surface area contributed by atoms with Gasteiger partial charge in [0.1, 0.15) is 11.3 Å². The van der Waals surface area contributed by atoms with E-state index in [9.17, 15) is 4.79 Å². The maximum atomic E-state index is 11.2. The quantitative estimate of drug-likeness (QED) is 0.494. The van der Waals surface area contributed by atoms with Crippen molar-refractivity contribution < 1.29 is 9.15 Å². The average molecular weight is 330 g/mol. The van der Waals surface area contributed by atoms with Gasteiger partial charge < -0.3 is 9.15 Å². The van der Waals surface area contributed by atoms with Crippen molar-refractivity contribution in [3.8, 4) is 5.75 Å². The van der Waals surface area contributed by atoms with E-state index in [1.165, 1.54) is 6.07 Å². The van der Waals surface area contributed by atoms with E-state index in [1.54, 1.807) is 6.07 Å². The van der Waals surface area contributed by atoms with Crippen LogP contribution in [0.4, 0.5) is 0 Å². The van der Waals surface area contributed by atoms with Crippen LogP contribution in [0.3, 0.4) is 0 Å². The summed E-state index contributed by atoms with van der Waals surface area (Å²) in [6, 6.07) is 7.06. The van der Waals surface area contributed by atoms with Gasteiger partial charge in [0.15, 0.2) is 0 Å². The van der Waals surface area contributed by atoms with Crippen LogP contribution < -0.4 is 10.4 Å². The molecule has 0 aliphatic carbocycles. The Morgan fingerprint density at radius 2 is 2.19 bits per heavy atom. The molecule has 84 valence electrons. The predicted octanol–water partition coefficient (Wildman–Crippen LogP) is 2.92. The topological polar surface area (TPSA) is 39.4 Å². The number of hydrogen-bond acceptors (Lipinski definition) is 3. The van der Waals surface area contributed by atoms with Crippen LogP contribution in [0.1, 0.15) is 5.56 Å². The van der Waals surface area contributed by atoms with Gasteiger partial charge in [0.25, 0.3) is 0 Å². The van der Waals surface area contributed by atoms with Crippen LogP contribution in [-0.2, 0) is 0 Å². The first-order valence-electron chi connectivity index (χ1n) is 4.94. The molecule has 0 aliphatic heterocycles. The highest BCUT2D eigenvalue weighted by atomic mass is 127. The summed E-state index contributed by atoms with van der Waals surface area (Å²) < 4.78 is 11.5. The van der Waals surface area contributed by atoms with E-state index in [0.717, 1.165) is 21.1 Å². The number of rotatable bonds is 3.